The third kappa shape index (κ3) is 3.28. The fourth-order valence-corrected chi connectivity index (χ4v) is 2.92. The average Bonchev–Trinajstić information content (AvgIpc) is 2.90. The average molecular weight is 297 g/mol. The Labute approximate surface area is 122 Å². The molecule has 0 aromatic heterocycles. The van der Waals surface area contributed by atoms with Gasteiger partial charge in [0.1, 0.15) is 0 Å². The van der Waals surface area contributed by atoms with E-state index in [2.05, 4.69) is 0 Å². The predicted octanol–water partition coefficient (Wildman–Crippen LogP) is 3.51. The number of nitro groups is 1. The molecule has 0 atom stereocenters. The van der Waals surface area contributed by atoms with Crippen LogP contribution in [0.4, 0.5) is 5.69 Å². The Balaban J connectivity index is 2.09. The highest BCUT2D eigenvalue weighted by Gasteiger charge is 2.22. The second-order valence-corrected chi connectivity index (χ2v) is 5.66. The van der Waals surface area contributed by atoms with Gasteiger partial charge in [0.2, 0.25) is 0 Å². The van der Waals surface area contributed by atoms with Crippen molar-refractivity contribution >= 4 is 23.2 Å². The number of amides is 1. The number of benzene rings is 1. The molecule has 2 rings (SSSR count). The third-order valence-electron chi connectivity index (χ3n) is 3.75. The van der Waals surface area contributed by atoms with Crippen molar-refractivity contribution in [3.63, 3.8) is 0 Å². The van der Waals surface area contributed by atoms with Crippen molar-refractivity contribution in [1.29, 1.82) is 0 Å². The van der Waals surface area contributed by atoms with Gasteiger partial charge in [-0.15, -0.1) is 0 Å². The van der Waals surface area contributed by atoms with Crippen LogP contribution in [-0.2, 0) is 0 Å². The number of carbonyl (C=O) groups excluding carboxylic acids is 1. The normalized spacial score (nSPS) is 15.3. The van der Waals surface area contributed by atoms with E-state index in [4.69, 9.17) is 11.6 Å². The van der Waals surface area contributed by atoms with Crippen LogP contribution in [0.5, 0.6) is 0 Å². The zero-order chi connectivity index (χ0) is 14.7. The summed E-state index contributed by atoms with van der Waals surface area (Å²) < 4.78 is 0. The number of halogens is 1. The van der Waals surface area contributed by atoms with Crippen LogP contribution in [0.3, 0.4) is 0 Å². The number of hydrogen-bond donors (Lipinski definition) is 0. The maximum atomic E-state index is 12.3. The molecule has 0 saturated heterocycles. The molecule has 1 aliphatic carbocycles. The molecule has 0 radical (unpaired) electrons. The van der Waals surface area contributed by atoms with Gasteiger partial charge in [-0.3, -0.25) is 14.9 Å². The van der Waals surface area contributed by atoms with E-state index in [9.17, 15) is 14.9 Å². The van der Waals surface area contributed by atoms with Crippen molar-refractivity contribution in [2.75, 3.05) is 13.6 Å². The number of nitrogens with zero attached hydrogens (tertiary/aromatic N) is 2. The highest BCUT2D eigenvalue weighted by Crippen LogP contribution is 2.27. The van der Waals surface area contributed by atoms with Crippen LogP contribution in [0, 0.1) is 16.0 Å². The molecule has 0 N–H and O–H groups in total. The number of rotatable bonds is 4. The highest BCUT2D eigenvalue weighted by atomic mass is 35.5. The van der Waals surface area contributed by atoms with E-state index in [1.165, 1.54) is 31.0 Å². The molecule has 20 heavy (non-hydrogen) atoms. The second kappa shape index (κ2) is 6.22. The van der Waals surface area contributed by atoms with Gasteiger partial charge in [-0.25, -0.2) is 0 Å². The quantitative estimate of drug-likeness (QED) is 0.631. The van der Waals surface area contributed by atoms with Gasteiger partial charge in [-0.1, -0.05) is 24.4 Å². The first-order valence-electron chi connectivity index (χ1n) is 6.68. The summed E-state index contributed by atoms with van der Waals surface area (Å²) in [5, 5.41) is 10.8. The van der Waals surface area contributed by atoms with Crippen LogP contribution in [0.1, 0.15) is 36.0 Å². The van der Waals surface area contributed by atoms with Gasteiger partial charge in [0.05, 0.1) is 15.5 Å². The minimum Gasteiger partial charge on any atom is -0.341 e. The Morgan fingerprint density at radius 1 is 1.45 bits per heavy atom. The van der Waals surface area contributed by atoms with E-state index in [0.717, 1.165) is 12.8 Å². The first-order valence-corrected chi connectivity index (χ1v) is 7.06. The molecule has 0 heterocycles. The van der Waals surface area contributed by atoms with Gasteiger partial charge in [-0.05, 0) is 24.8 Å². The van der Waals surface area contributed by atoms with Gasteiger partial charge < -0.3 is 4.90 Å². The van der Waals surface area contributed by atoms with Crippen molar-refractivity contribution in [2.45, 2.75) is 25.7 Å². The van der Waals surface area contributed by atoms with Crippen LogP contribution in [0.25, 0.3) is 0 Å². The van der Waals surface area contributed by atoms with Crippen LogP contribution < -0.4 is 0 Å². The molecular weight excluding hydrogens is 280 g/mol. The zero-order valence-electron chi connectivity index (χ0n) is 11.3. The predicted molar refractivity (Wildman–Crippen MR) is 77.0 cm³/mol. The maximum Gasteiger partial charge on any atom is 0.270 e. The van der Waals surface area contributed by atoms with E-state index in [1.807, 2.05) is 0 Å². The molecule has 0 aliphatic heterocycles. The van der Waals surface area contributed by atoms with E-state index < -0.39 is 4.92 Å². The van der Waals surface area contributed by atoms with E-state index in [0.29, 0.717) is 18.0 Å². The Bertz CT molecular complexity index is 527. The largest absolute Gasteiger partial charge is 0.341 e. The number of non-ortho nitro benzene ring substituents is 1. The lowest BCUT2D eigenvalue weighted by Gasteiger charge is -2.21. The summed E-state index contributed by atoms with van der Waals surface area (Å²) in [6, 6.07) is 3.95. The summed E-state index contributed by atoms with van der Waals surface area (Å²) in [6.45, 7) is 0.714. The molecule has 0 unspecified atom stereocenters. The smallest absolute Gasteiger partial charge is 0.270 e. The molecule has 1 aromatic rings. The first-order chi connectivity index (χ1) is 9.49. The minimum absolute atomic E-state index is 0.106. The highest BCUT2D eigenvalue weighted by molar-refractivity contribution is 6.34. The Morgan fingerprint density at radius 2 is 2.10 bits per heavy atom. The Kier molecular flexibility index (Phi) is 4.60. The second-order valence-electron chi connectivity index (χ2n) is 5.26. The van der Waals surface area contributed by atoms with E-state index >= 15 is 0 Å². The molecular formula is C14H17ClN2O3. The van der Waals surface area contributed by atoms with Crippen LogP contribution in [-0.4, -0.2) is 29.3 Å². The molecule has 1 aliphatic rings. The summed E-state index contributed by atoms with van der Waals surface area (Å²) >= 11 is 5.98. The summed E-state index contributed by atoms with van der Waals surface area (Å²) in [5.74, 6) is 0.373. The van der Waals surface area contributed by atoms with Crippen molar-refractivity contribution < 1.29 is 9.72 Å². The summed E-state index contributed by atoms with van der Waals surface area (Å²) in [5.41, 5.74) is 0.211. The topological polar surface area (TPSA) is 63.5 Å². The van der Waals surface area contributed by atoms with Gasteiger partial charge in [0.15, 0.2) is 0 Å². The minimum atomic E-state index is -0.525. The molecule has 1 fully saturated rings. The summed E-state index contributed by atoms with van der Waals surface area (Å²) in [4.78, 5) is 24.1. The van der Waals surface area contributed by atoms with E-state index in [1.54, 1.807) is 11.9 Å². The lowest BCUT2D eigenvalue weighted by atomic mass is 10.1. The molecule has 108 valence electrons. The summed E-state index contributed by atoms with van der Waals surface area (Å²) in [7, 11) is 1.75. The first kappa shape index (κ1) is 14.8. The fourth-order valence-electron chi connectivity index (χ4n) is 2.66. The molecule has 6 heteroatoms. The monoisotopic (exact) mass is 296 g/mol. The zero-order valence-corrected chi connectivity index (χ0v) is 12.1. The van der Waals surface area contributed by atoms with Crippen molar-refractivity contribution in [3.8, 4) is 0 Å². The third-order valence-corrected chi connectivity index (χ3v) is 4.06. The van der Waals surface area contributed by atoms with Crippen molar-refractivity contribution in [3.05, 3.63) is 38.9 Å². The SMILES string of the molecule is CN(CC1CCCC1)C(=O)c1ccc([N+](=O)[O-])cc1Cl. The molecule has 1 saturated carbocycles. The lowest BCUT2D eigenvalue weighted by Crippen LogP contribution is -2.31. The van der Waals surface area contributed by atoms with Crippen LogP contribution in [0.2, 0.25) is 5.02 Å². The molecule has 0 bridgehead atoms. The lowest BCUT2D eigenvalue weighted by molar-refractivity contribution is -0.384. The summed E-state index contributed by atoms with van der Waals surface area (Å²) in [6.07, 6.45) is 4.77. The molecule has 0 spiro atoms. The molecule has 5 nitrogen and oxygen atoms in total. The van der Waals surface area contributed by atoms with Gasteiger partial charge >= 0.3 is 0 Å². The number of nitro benzene ring substituents is 1. The van der Waals surface area contributed by atoms with Gasteiger partial charge in [0, 0.05) is 25.7 Å². The van der Waals surface area contributed by atoms with Crippen LogP contribution in [0.15, 0.2) is 18.2 Å². The maximum absolute atomic E-state index is 12.3. The Morgan fingerprint density at radius 3 is 2.65 bits per heavy atom. The van der Waals surface area contributed by atoms with E-state index in [-0.39, 0.29) is 16.6 Å². The molecule has 1 amide bonds. The number of carbonyl (C=O) groups is 1. The fraction of sp³-hybridized carbons (Fsp3) is 0.500. The molecule has 1 aromatic carbocycles. The van der Waals surface area contributed by atoms with Gasteiger partial charge in [0.25, 0.3) is 11.6 Å². The van der Waals surface area contributed by atoms with Gasteiger partial charge in [-0.2, -0.15) is 0 Å². The van der Waals surface area contributed by atoms with Crippen LogP contribution >= 0.6 is 11.6 Å². The van der Waals surface area contributed by atoms with Crippen molar-refractivity contribution in [1.82, 2.24) is 4.90 Å². The number of hydrogen-bond acceptors (Lipinski definition) is 3. The Hall–Kier alpha value is -1.62. The van der Waals surface area contributed by atoms with Crippen molar-refractivity contribution in [2.24, 2.45) is 5.92 Å². The standard InChI is InChI=1S/C14H17ClN2O3/c1-16(9-10-4-2-3-5-10)14(18)12-7-6-11(17(19)20)8-13(12)15/h6-8,10H,2-5,9H2,1H3.